The van der Waals surface area contributed by atoms with Crippen LogP contribution in [0.3, 0.4) is 0 Å². The number of morpholine rings is 1. The fourth-order valence-electron chi connectivity index (χ4n) is 4.58. The lowest BCUT2D eigenvalue weighted by Gasteiger charge is -2.31. The van der Waals surface area contributed by atoms with E-state index in [4.69, 9.17) is 14.7 Å². The molecular formula is C24H30N6O2. The van der Waals surface area contributed by atoms with Crippen molar-refractivity contribution in [3.63, 3.8) is 0 Å². The molecule has 2 aliphatic rings. The third-order valence-corrected chi connectivity index (χ3v) is 6.34. The lowest BCUT2D eigenvalue weighted by molar-refractivity contribution is 0.122. The molecule has 8 nitrogen and oxygen atoms in total. The summed E-state index contributed by atoms with van der Waals surface area (Å²) in [4.78, 5) is 30.6. The van der Waals surface area contributed by atoms with Crippen LogP contribution in [0.15, 0.2) is 41.2 Å². The molecule has 32 heavy (non-hydrogen) atoms. The van der Waals surface area contributed by atoms with Gasteiger partial charge < -0.3 is 19.9 Å². The van der Waals surface area contributed by atoms with E-state index in [0.717, 1.165) is 37.0 Å². The maximum atomic E-state index is 13.5. The predicted octanol–water partition coefficient (Wildman–Crippen LogP) is 2.40. The summed E-state index contributed by atoms with van der Waals surface area (Å²) < 4.78 is 5.48. The number of ether oxygens (including phenoxy) is 1. The van der Waals surface area contributed by atoms with Gasteiger partial charge >= 0.3 is 0 Å². The molecule has 168 valence electrons. The number of pyridine rings is 1. The molecular weight excluding hydrogens is 404 g/mol. The fourth-order valence-corrected chi connectivity index (χ4v) is 4.58. The van der Waals surface area contributed by atoms with Gasteiger partial charge in [0.2, 0.25) is 5.95 Å². The Hall–Kier alpha value is -2.97. The number of aromatic amines is 1. The monoisotopic (exact) mass is 434 g/mol. The number of rotatable bonds is 6. The second kappa shape index (κ2) is 9.26. The summed E-state index contributed by atoms with van der Waals surface area (Å²) in [6, 6.07) is 12.3. The molecule has 2 saturated heterocycles. The third-order valence-electron chi connectivity index (χ3n) is 6.34. The van der Waals surface area contributed by atoms with Gasteiger partial charge in [-0.05, 0) is 38.4 Å². The number of nitrogens with zero attached hydrogens (tertiary/aromatic N) is 4. The van der Waals surface area contributed by atoms with Crippen molar-refractivity contribution in [1.29, 1.82) is 0 Å². The minimum Gasteiger partial charge on any atom is -0.378 e. The van der Waals surface area contributed by atoms with E-state index in [1.54, 1.807) is 0 Å². The van der Waals surface area contributed by atoms with Gasteiger partial charge in [0, 0.05) is 37.6 Å². The van der Waals surface area contributed by atoms with E-state index in [1.165, 1.54) is 6.42 Å². The number of likely N-dealkylation sites (N-methyl/N-ethyl adjacent to an activating group) is 1. The Morgan fingerprint density at radius 2 is 2.00 bits per heavy atom. The highest BCUT2D eigenvalue weighted by molar-refractivity contribution is 5.83. The van der Waals surface area contributed by atoms with Crippen molar-refractivity contribution in [2.24, 2.45) is 0 Å². The zero-order valence-electron chi connectivity index (χ0n) is 18.5. The minimum absolute atomic E-state index is 0.155. The third kappa shape index (κ3) is 4.20. The van der Waals surface area contributed by atoms with Crippen LogP contribution in [-0.4, -0.2) is 66.9 Å². The maximum absolute atomic E-state index is 13.5. The van der Waals surface area contributed by atoms with E-state index in [2.05, 4.69) is 27.0 Å². The molecule has 0 spiro atoms. The molecule has 2 aromatic heterocycles. The van der Waals surface area contributed by atoms with Crippen molar-refractivity contribution in [3.8, 4) is 11.3 Å². The van der Waals surface area contributed by atoms with Crippen LogP contribution in [0.1, 0.15) is 19.8 Å². The SMILES string of the molecule is CCN(CC1CCCN1)c1nc(N2CCOCC2)[nH]c(=O)c1-c1ccc2ccccc2n1. The number of nitrogens with one attached hydrogen (secondary N) is 2. The molecule has 1 atom stereocenters. The van der Waals surface area contributed by atoms with E-state index in [1.807, 2.05) is 36.4 Å². The largest absolute Gasteiger partial charge is 0.378 e. The Labute approximate surface area is 187 Å². The van der Waals surface area contributed by atoms with Gasteiger partial charge in [-0.15, -0.1) is 0 Å². The van der Waals surface area contributed by atoms with Crippen LogP contribution in [0.2, 0.25) is 0 Å². The first-order chi connectivity index (χ1) is 15.7. The molecule has 3 aromatic rings. The second-order valence-electron chi connectivity index (χ2n) is 8.41. The summed E-state index contributed by atoms with van der Waals surface area (Å²) in [6.07, 6.45) is 2.32. The van der Waals surface area contributed by atoms with Crippen molar-refractivity contribution in [2.45, 2.75) is 25.8 Å². The first-order valence-corrected chi connectivity index (χ1v) is 11.5. The quantitative estimate of drug-likeness (QED) is 0.616. The van der Waals surface area contributed by atoms with Crippen LogP contribution < -0.4 is 20.7 Å². The molecule has 0 bridgehead atoms. The van der Waals surface area contributed by atoms with Crippen molar-refractivity contribution in [3.05, 3.63) is 46.8 Å². The van der Waals surface area contributed by atoms with Gasteiger partial charge in [0.05, 0.1) is 24.4 Å². The summed E-state index contributed by atoms with van der Waals surface area (Å²) >= 11 is 0. The molecule has 0 saturated carbocycles. The van der Waals surface area contributed by atoms with E-state index in [0.29, 0.717) is 55.4 Å². The molecule has 0 radical (unpaired) electrons. The number of benzene rings is 1. The number of fused-ring (bicyclic) bond motifs is 1. The highest BCUT2D eigenvalue weighted by Crippen LogP contribution is 2.28. The summed E-state index contributed by atoms with van der Waals surface area (Å²) in [5.41, 5.74) is 1.90. The van der Waals surface area contributed by atoms with Gasteiger partial charge in [-0.2, -0.15) is 4.98 Å². The van der Waals surface area contributed by atoms with Gasteiger partial charge in [0.25, 0.3) is 5.56 Å². The normalized spacial score (nSPS) is 18.9. The summed E-state index contributed by atoms with van der Waals surface area (Å²) in [6.45, 7) is 7.44. The lowest BCUT2D eigenvalue weighted by atomic mass is 10.1. The van der Waals surface area contributed by atoms with Gasteiger partial charge in [-0.1, -0.05) is 24.3 Å². The van der Waals surface area contributed by atoms with Crippen LogP contribution >= 0.6 is 0 Å². The van der Waals surface area contributed by atoms with Crippen LogP contribution in [0, 0.1) is 0 Å². The molecule has 1 unspecified atom stereocenters. The second-order valence-corrected chi connectivity index (χ2v) is 8.41. The average molecular weight is 435 g/mol. The summed E-state index contributed by atoms with van der Waals surface area (Å²) in [5.74, 6) is 1.31. The van der Waals surface area contributed by atoms with Crippen LogP contribution in [0.25, 0.3) is 22.2 Å². The Balaban J connectivity index is 1.62. The molecule has 0 aliphatic carbocycles. The summed E-state index contributed by atoms with van der Waals surface area (Å²) in [5, 5.41) is 4.62. The van der Waals surface area contributed by atoms with Gasteiger partial charge in [-0.3, -0.25) is 9.78 Å². The molecule has 4 heterocycles. The number of hydrogen-bond donors (Lipinski definition) is 2. The average Bonchev–Trinajstić information content (AvgIpc) is 3.35. The van der Waals surface area contributed by atoms with E-state index in [-0.39, 0.29) is 5.56 Å². The Morgan fingerprint density at radius 1 is 1.16 bits per heavy atom. The molecule has 1 aromatic carbocycles. The molecule has 2 fully saturated rings. The van der Waals surface area contributed by atoms with Crippen LogP contribution in [0.4, 0.5) is 11.8 Å². The highest BCUT2D eigenvalue weighted by atomic mass is 16.5. The number of H-pyrrole nitrogens is 1. The van der Waals surface area contributed by atoms with Gasteiger partial charge in [0.1, 0.15) is 11.4 Å². The molecule has 0 amide bonds. The number of anilines is 2. The maximum Gasteiger partial charge on any atom is 0.263 e. The Bertz CT molecular complexity index is 1130. The zero-order chi connectivity index (χ0) is 21.9. The first-order valence-electron chi connectivity index (χ1n) is 11.5. The standard InChI is InChI=1S/C24H30N6O2/c1-2-29(16-18-7-5-11-25-18)22-21(20-10-9-17-6-3-4-8-19(17)26-20)23(31)28-24(27-22)30-12-14-32-15-13-30/h3-4,6,8-10,18,25H,2,5,7,11-16H2,1H3,(H,27,28,31). The van der Waals surface area contributed by atoms with E-state index >= 15 is 0 Å². The lowest BCUT2D eigenvalue weighted by Crippen LogP contribution is -2.41. The van der Waals surface area contributed by atoms with Crippen LogP contribution in [0.5, 0.6) is 0 Å². The van der Waals surface area contributed by atoms with Crippen molar-refractivity contribution >= 4 is 22.7 Å². The van der Waals surface area contributed by atoms with E-state index in [9.17, 15) is 4.79 Å². The topological polar surface area (TPSA) is 86.4 Å². The Kier molecular flexibility index (Phi) is 6.05. The number of para-hydroxylation sites is 1. The highest BCUT2D eigenvalue weighted by Gasteiger charge is 2.25. The fraction of sp³-hybridized carbons (Fsp3) is 0.458. The Morgan fingerprint density at radius 3 is 2.78 bits per heavy atom. The minimum atomic E-state index is -0.155. The van der Waals surface area contributed by atoms with Crippen LogP contribution in [-0.2, 0) is 4.74 Å². The molecule has 8 heteroatoms. The first kappa shape index (κ1) is 20.9. The molecule has 5 rings (SSSR count). The smallest absolute Gasteiger partial charge is 0.263 e. The van der Waals surface area contributed by atoms with E-state index < -0.39 is 0 Å². The van der Waals surface area contributed by atoms with Gasteiger partial charge in [-0.25, -0.2) is 4.98 Å². The number of aromatic nitrogens is 3. The summed E-state index contributed by atoms with van der Waals surface area (Å²) in [7, 11) is 0. The molecule has 2 aliphatic heterocycles. The predicted molar refractivity (Wildman–Crippen MR) is 128 cm³/mol. The van der Waals surface area contributed by atoms with Crippen molar-refractivity contribution < 1.29 is 4.74 Å². The van der Waals surface area contributed by atoms with Crippen molar-refractivity contribution in [2.75, 3.05) is 55.7 Å². The molecule has 2 N–H and O–H groups in total. The van der Waals surface area contributed by atoms with Crippen molar-refractivity contribution in [1.82, 2.24) is 20.3 Å². The van der Waals surface area contributed by atoms with Gasteiger partial charge in [0.15, 0.2) is 0 Å². The zero-order valence-corrected chi connectivity index (χ0v) is 18.5. The number of hydrogen-bond acceptors (Lipinski definition) is 7.